The molecule has 2 aromatic heterocycles. The van der Waals surface area contributed by atoms with Crippen molar-refractivity contribution in [1.82, 2.24) is 19.1 Å². The van der Waals surface area contributed by atoms with E-state index in [2.05, 4.69) is 9.97 Å². The zero-order chi connectivity index (χ0) is 15.6. The monoisotopic (exact) mass is 314 g/mol. The molecule has 2 aromatic rings. The lowest BCUT2D eigenvalue weighted by Crippen LogP contribution is -2.29. The number of aromatic amines is 1. The third kappa shape index (κ3) is 3.20. The summed E-state index contributed by atoms with van der Waals surface area (Å²) in [6.07, 6.45) is -0.493. The highest BCUT2D eigenvalue weighted by molar-refractivity contribution is 7.99. The Morgan fingerprint density at radius 1 is 1.48 bits per heavy atom. The summed E-state index contributed by atoms with van der Waals surface area (Å²) < 4.78 is 8.06. The lowest BCUT2D eigenvalue weighted by atomic mass is 10.5. The zero-order valence-electron chi connectivity index (χ0n) is 12.1. The number of aryl methyl sites for hydroxylation is 1. The van der Waals surface area contributed by atoms with Crippen LogP contribution in [-0.2, 0) is 18.3 Å². The van der Waals surface area contributed by atoms with E-state index >= 15 is 0 Å². The van der Waals surface area contributed by atoms with Crippen molar-refractivity contribution in [3.8, 4) is 0 Å². The predicted octanol–water partition coefficient (Wildman–Crippen LogP) is -0.457. The number of aromatic nitrogens is 4. The van der Waals surface area contributed by atoms with E-state index in [4.69, 9.17) is 4.74 Å². The Morgan fingerprint density at radius 2 is 2.19 bits per heavy atom. The molecule has 1 atom stereocenters. The highest BCUT2D eigenvalue weighted by Crippen LogP contribution is 2.22. The minimum atomic E-state index is -0.504. The predicted molar refractivity (Wildman–Crippen MR) is 79.9 cm³/mol. The molecule has 116 valence electrons. The summed E-state index contributed by atoms with van der Waals surface area (Å²) in [7, 11) is 3.12. The molecule has 0 aliphatic rings. The molecule has 2 heterocycles. The Hall–Kier alpha value is -1.58. The van der Waals surface area contributed by atoms with Crippen molar-refractivity contribution in [2.75, 3.05) is 19.5 Å². The van der Waals surface area contributed by atoms with Gasteiger partial charge in [-0.05, 0) is 6.92 Å². The van der Waals surface area contributed by atoms with Crippen LogP contribution in [0.15, 0.2) is 14.7 Å². The van der Waals surface area contributed by atoms with Crippen LogP contribution < -0.4 is 11.2 Å². The van der Waals surface area contributed by atoms with Crippen LogP contribution in [0.3, 0.4) is 0 Å². The molecule has 0 spiro atoms. The van der Waals surface area contributed by atoms with Crippen LogP contribution in [0.25, 0.3) is 11.2 Å². The fourth-order valence-corrected chi connectivity index (χ4v) is 2.79. The van der Waals surface area contributed by atoms with Crippen molar-refractivity contribution in [2.24, 2.45) is 7.05 Å². The van der Waals surface area contributed by atoms with Gasteiger partial charge in [-0.1, -0.05) is 11.8 Å². The van der Waals surface area contributed by atoms with E-state index in [-0.39, 0.29) is 0 Å². The smallest absolute Gasteiger partial charge is 0.329 e. The number of aliphatic hydroxyl groups is 1. The normalized spacial score (nSPS) is 13.0. The molecule has 2 rings (SSSR count). The molecule has 0 unspecified atom stereocenters. The molecule has 0 saturated carbocycles. The number of methoxy groups -OCH3 is 1. The average Bonchev–Trinajstić information content (AvgIpc) is 2.79. The summed E-state index contributed by atoms with van der Waals surface area (Å²) in [4.78, 5) is 30.3. The zero-order valence-corrected chi connectivity index (χ0v) is 12.9. The number of H-pyrrole nitrogens is 1. The van der Waals surface area contributed by atoms with Crippen molar-refractivity contribution >= 4 is 22.9 Å². The summed E-state index contributed by atoms with van der Waals surface area (Å²) in [5.41, 5.74) is -0.313. The number of aliphatic hydroxyl groups excluding tert-OH is 1. The van der Waals surface area contributed by atoms with Gasteiger partial charge in [0.25, 0.3) is 5.56 Å². The van der Waals surface area contributed by atoms with Crippen LogP contribution in [0.2, 0.25) is 0 Å². The second-order valence-corrected chi connectivity index (χ2v) is 5.68. The molecule has 0 aromatic carbocycles. The number of thioether (sulfide) groups is 1. The van der Waals surface area contributed by atoms with Gasteiger partial charge in [0.15, 0.2) is 16.3 Å². The van der Waals surface area contributed by atoms with Gasteiger partial charge in [0, 0.05) is 26.5 Å². The Labute approximate surface area is 124 Å². The third-order valence-electron chi connectivity index (χ3n) is 2.94. The number of nitrogens with zero attached hydrogens (tertiary/aromatic N) is 3. The van der Waals surface area contributed by atoms with Crippen molar-refractivity contribution in [1.29, 1.82) is 0 Å². The summed E-state index contributed by atoms with van der Waals surface area (Å²) >= 11 is 1.33. The number of nitrogens with one attached hydrogen (secondary N) is 1. The van der Waals surface area contributed by atoms with Crippen molar-refractivity contribution in [2.45, 2.75) is 24.7 Å². The lowest BCUT2D eigenvalue weighted by Gasteiger charge is -2.08. The quantitative estimate of drug-likeness (QED) is 0.700. The van der Waals surface area contributed by atoms with Crippen molar-refractivity contribution in [3.63, 3.8) is 0 Å². The van der Waals surface area contributed by atoms with Gasteiger partial charge in [-0.3, -0.25) is 14.3 Å². The molecule has 8 nitrogen and oxygen atoms in total. The summed E-state index contributed by atoms with van der Waals surface area (Å²) in [5, 5.41) is 9.98. The molecule has 0 aliphatic carbocycles. The highest BCUT2D eigenvalue weighted by Gasteiger charge is 2.17. The van der Waals surface area contributed by atoms with Gasteiger partial charge in [-0.15, -0.1) is 0 Å². The number of hydrogen-bond donors (Lipinski definition) is 2. The van der Waals surface area contributed by atoms with Crippen LogP contribution in [0.5, 0.6) is 0 Å². The van der Waals surface area contributed by atoms with E-state index in [0.29, 0.717) is 35.2 Å². The van der Waals surface area contributed by atoms with E-state index in [9.17, 15) is 14.7 Å². The fraction of sp³-hybridized carbons (Fsp3) is 0.583. The van der Waals surface area contributed by atoms with E-state index < -0.39 is 17.4 Å². The second kappa shape index (κ2) is 6.46. The molecule has 0 aliphatic heterocycles. The highest BCUT2D eigenvalue weighted by atomic mass is 32.2. The molecular formula is C12H18N4O4S. The summed E-state index contributed by atoms with van der Waals surface area (Å²) in [6.45, 7) is 2.53. The van der Waals surface area contributed by atoms with Crippen molar-refractivity contribution < 1.29 is 9.84 Å². The van der Waals surface area contributed by atoms with E-state index in [1.165, 1.54) is 16.3 Å². The standard InChI is InChI=1S/C12H18N4O4S/c1-7(17)6-21-12-13-9-8(16(12)4-5-20-3)10(18)14-11(19)15(9)2/h7,17H,4-6H2,1-3H3,(H,14,18,19)/t7-/m1/s1. The minimum Gasteiger partial charge on any atom is -0.393 e. The number of ether oxygens (including phenoxy) is 1. The Kier molecular flexibility index (Phi) is 4.86. The topological polar surface area (TPSA) is 102 Å². The summed E-state index contributed by atoms with van der Waals surface area (Å²) in [5.74, 6) is 0.447. The van der Waals surface area contributed by atoms with Gasteiger partial charge < -0.3 is 14.4 Å². The van der Waals surface area contributed by atoms with E-state index in [1.54, 1.807) is 25.6 Å². The van der Waals surface area contributed by atoms with Crippen LogP contribution in [-0.4, -0.2) is 49.8 Å². The van der Waals surface area contributed by atoms with Crippen LogP contribution >= 0.6 is 11.8 Å². The number of rotatable bonds is 6. The first-order chi connectivity index (χ1) is 9.95. The first-order valence-corrected chi connectivity index (χ1v) is 7.43. The molecular weight excluding hydrogens is 296 g/mol. The molecule has 0 bridgehead atoms. The Morgan fingerprint density at radius 3 is 2.81 bits per heavy atom. The van der Waals surface area contributed by atoms with Gasteiger partial charge in [0.2, 0.25) is 0 Å². The molecule has 21 heavy (non-hydrogen) atoms. The molecule has 2 N–H and O–H groups in total. The van der Waals surface area contributed by atoms with Gasteiger partial charge in [-0.2, -0.15) is 0 Å². The van der Waals surface area contributed by atoms with Crippen LogP contribution in [0.4, 0.5) is 0 Å². The second-order valence-electron chi connectivity index (χ2n) is 4.69. The average molecular weight is 314 g/mol. The summed E-state index contributed by atoms with van der Waals surface area (Å²) in [6, 6.07) is 0. The first-order valence-electron chi connectivity index (χ1n) is 6.45. The maximum Gasteiger partial charge on any atom is 0.329 e. The molecule has 0 radical (unpaired) electrons. The Balaban J connectivity index is 2.61. The number of fused-ring (bicyclic) bond motifs is 1. The van der Waals surface area contributed by atoms with E-state index in [1.807, 2.05) is 0 Å². The Bertz CT molecular complexity index is 746. The molecule has 0 amide bonds. The van der Waals surface area contributed by atoms with Crippen molar-refractivity contribution in [3.05, 3.63) is 20.8 Å². The third-order valence-corrected chi connectivity index (χ3v) is 4.16. The maximum atomic E-state index is 12.1. The first kappa shape index (κ1) is 15.8. The maximum absolute atomic E-state index is 12.1. The van der Waals surface area contributed by atoms with Crippen LogP contribution in [0.1, 0.15) is 6.92 Å². The number of hydrogen-bond acceptors (Lipinski definition) is 6. The molecule has 9 heteroatoms. The SMILES string of the molecule is COCCn1c(SC[C@@H](C)O)nc2c1c(=O)[nH]c(=O)n2C. The van der Waals surface area contributed by atoms with Gasteiger partial charge in [0.05, 0.1) is 12.7 Å². The minimum absolute atomic E-state index is 0.327. The fourth-order valence-electron chi connectivity index (χ4n) is 1.91. The van der Waals surface area contributed by atoms with Gasteiger partial charge in [-0.25, -0.2) is 9.78 Å². The lowest BCUT2D eigenvalue weighted by molar-refractivity contribution is 0.186. The molecule has 0 saturated heterocycles. The van der Waals surface area contributed by atoms with Gasteiger partial charge >= 0.3 is 5.69 Å². The molecule has 0 fully saturated rings. The van der Waals surface area contributed by atoms with Gasteiger partial charge in [0.1, 0.15) is 0 Å². The number of imidazole rings is 1. The largest absolute Gasteiger partial charge is 0.393 e. The van der Waals surface area contributed by atoms with Crippen LogP contribution in [0, 0.1) is 0 Å². The van der Waals surface area contributed by atoms with E-state index in [0.717, 1.165) is 0 Å².